The third-order valence-corrected chi connectivity index (χ3v) is 3.38. The largest absolute Gasteiger partial charge is 0.712 e. The molecule has 4 heteroatoms. The molecule has 0 unspecified atom stereocenters. The summed E-state index contributed by atoms with van der Waals surface area (Å²) in [5, 5.41) is 0. The Bertz CT molecular complexity index is 227. The molecule has 3 nitrogen and oxygen atoms in total. The van der Waals surface area contributed by atoms with Gasteiger partial charge in [0.15, 0.2) is 0 Å². The molecule has 0 atom stereocenters. The summed E-state index contributed by atoms with van der Waals surface area (Å²) < 4.78 is 15.9. The van der Waals surface area contributed by atoms with Crippen molar-refractivity contribution >= 4 is 7.32 Å². The smallest absolute Gasteiger partial charge is 0.516 e. The van der Waals surface area contributed by atoms with Gasteiger partial charge >= 0.3 is 7.32 Å². The second-order valence-corrected chi connectivity index (χ2v) is 4.92. The summed E-state index contributed by atoms with van der Waals surface area (Å²) in [4.78, 5) is 0. The summed E-state index contributed by atoms with van der Waals surface area (Å²) in [7, 11) is 2.64. The highest BCUT2D eigenvalue weighted by Crippen LogP contribution is 2.18. The van der Waals surface area contributed by atoms with Gasteiger partial charge in [-0.3, -0.25) is 0 Å². The van der Waals surface area contributed by atoms with E-state index in [9.17, 15) is 0 Å². The molecule has 0 aliphatic heterocycles. The molecule has 1 aliphatic carbocycles. The standard InChI is InChI=1S/C14H27BO3/c1-16-15(17-2)18-14-12-10-8-6-4-3-5-7-9-11-13-14/h12H,3-11,13H2,1-2H3. The Balaban J connectivity index is 2.42. The van der Waals surface area contributed by atoms with Crippen LogP contribution in [0.15, 0.2) is 11.8 Å². The molecular weight excluding hydrogens is 227 g/mol. The molecule has 0 radical (unpaired) electrons. The van der Waals surface area contributed by atoms with Crippen molar-refractivity contribution in [3.05, 3.63) is 11.8 Å². The van der Waals surface area contributed by atoms with Gasteiger partial charge in [0.05, 0.1) is 5.76 Å². The molecule has 0 heterocycles. The quantitative estimate of drug-likeness (QED) is 0.707. The molecular formula is C14H27BO3. The Labute approximate surface area is 112 Å². The van der Waals surface area contributed by atoms with Crippen molar-refractivity contribution in [2.75, 3.05) is 14.2 Å². The van der Waals surface area contributed by atoms with E-state index in [1.54, 1.807) is 14.2 Å². The van der Waals surface area contributed by atoms with Crippen LogP contribution in [0.4, 0.5) is 0 Å². The van der Waals surface area contributed by atoms with Gasteiger partial charge in [0.2, 0.25) is 0 Å². The lowest BCUT2D eigenvalue weighted by Gasteiger charge is -2.15. The lowest BCUT2D eigenvalue weighted by molar-refractivity contribution is 0.164. The van der Waals surface area contributed by atoms with E-state index >= 15 is 0 Å². The normalized spacial score (nSPS) is 19.3. The molecule has 0 aromatic carbocycles. The Morgan fingerprint density at radius 2 is 1.39 bits per heavy atom. The van der Waals surface area contributed by atoms with Gasteiger partial charge in [-0.2, -0.15) is 0 Å². The van der Waals surface area contributed by atoms with Gasteiger partial charge in [0.1, 0.15) is 0 Å². The lowest BCUT2D eigenvalue weighted by Crippen LogP contribution is -2.23. The van der Waals surface area contributed by atoms with E-state index in [0.29, 0.717) is 0 Å². The molecule has 1 rings (SSSR count). The minimum absolute atomic E-state index is 0.566. The van der Waals surface area contributed by atoms with Crippen LogP contribution >= 0.6 is 0 Å². The van der Waals surface area contributed by atoms with Crippen molar-refractivity contribution in [1.29, 1.82) is 0 Å². The molecule has 104 valence electrons. The van der Waals surface area contributed by atoms with Crippen molar-refractivity contribution in [3.8, 4) is 0 Å². The van der Waals surface area contributed by atoms with E-state index < -0.39 is 7.32 Å². The second-order valence-electron chi connectivity index (χ2n) is 4.92. The predicted molar refractivity (Wildman–Crippen MR) is 75.1 cm³/mol. The maximum atomic E-state index is 5.71. The first-order valence-electron chi connectivity index (χ1n) is 7.28. The lowest BCUT2D eigenvalue weighted by atomic mass is 10.0. The fourth-order valence-electron chi connectivity index (χ4n) is 2.29. The van der Waals surface area contributed by atoms with Crippen molar-refractivity contribution in [2.45, 2.75) is 64.2 Å². The van der Waals surface area contributed by atoms with Crippen LogP contribution in [0.2, 0.25) is 0 Å². The van der Waals surface area contributed by atoms with Gasteiger partial charge in [-0.15, -0.1) is 0 Å². The average molecular weight is 254 g/mol. The zero-order valence-corrected chi connectivity index (χ0v) is 12.0. The van der Waals surface area contributed by atoms with E-state index in [-0.39, 0.29) is 0 Å². The summed E-state index contributed by atoms with van der Waals surface area (Å²) in [6, 6.07) is 0. The number of rotatable bonds is 4. The number of allylic oxidation sites excluding steroid dienone is 2. The van der Waals surface area contributed by atoms with E-state index in [1.165, 1.54) is 51.4 Å². The molecule has 0 spiro atoms. The molecule has 1 aliphatic rings. The summed E-state index contributed by atoms with van der Waals surface area (Å²) >= 11 is 0. The van der Waals surface area contributed by atoms with Crippen molar-refractivity contribution in [1.82, 2.24) is 0 Å². The van der Waals surface area contributed by atoms with Gasteiger partial charge in [0, 0.05) is 20.6 Å². The summed E-state index contributed by atoms with van der Waals surface area (Å²) in [6.07, 6.45) is 14.9. The van der Waals surface area contributed by atoms with Gasteiger partial charge in [-0.1, -0.05) is 38.5 Å². The highest BCUT2D eigenvalue weighted by atomic mass is 16.7. The monoisotopic (exact) mass is 254 g/mol. The maximum absolute atomic E-state index is 5.71. The number of hydrogen-bond acceptors (Lipinski definition) is 3. The van der Waals surface area contributed by atoms with E-state index in [1.807, 2.05) is 0 Å². The van der Waals surface area contributed by atoms with E-state index in [0.717, 1.165) is 18.6 Å². The SMILES string of the molecule is COB(OC)OC1=CCCCCCCCCCC1. The topological polar surface area (TPSA) is 27.7 Å². The Morgan fingerprint density at radius 3 is 2.00 bits per heavy atom. The predicted octanol–water partition coefficient (Wildman–Crippen LogP) is 4.08. The highest BCUT2D eigenvalue weighted by molar-refractivity contribution is 6.36. The highest BCUT2D eigenvalue weighted by Gasteiger charge is 2.20. The molecule has 18 heavy (non-hydrogen) atoms. The third-order valence-electron chi connectivity index (χ3n) is 3.38. The summed E-state index contributed by atoms with van der Waals surface area (Å²) in [5.74, 6) is 1.03. The van der Waals surface area contributed by atoms with Gasteiger partial charge in [0.25, 0.3) is 0 Å². The van der Waals surface area contributed by atoms with Gasteiger partial charge in [-0.05, 0) is 25.3 Å². The molecule has 0 N–H and O–H groups in total. The molecule has 0 amide bonds. The third kappa shape index (κ3) is 7.07. The first-order valence-corrected chi connectivity index (χ1v) is 7.28. The second kappa shape index (κ2) is 10.4. The van der Waals surface area contributed by atoms with Crippen molar-refractivity contribution in [2.24, 2.45) is 0 Å². The summed E-state index contributed by atoms with van der Waals surface area (Å²) in [5.41, 5.74) is 0. The molecule has 0 saturated heterocycles. The zero-order chi connectivity index (χ0) is 13.1. The van der Waals surface area contributed by atoms with Crippen LogP contribution in [0.25, 0.3) is 0 Å². The minimum Gasteiger partial charge on any atom is -0.516 e. The zero-order valence-electron chi connectivity index (χ0n) is 12.0. The van der Waals surface area contributed by atoms with Crippen LogP contribution in [0.3, 0.4) is 0 Å². The van der Waals surface area contributed by atoms with Crippen LogP contribution in [0.1, 0.15) is 64.2 Å². The molecule has 0 aromatic rings. The molecule has 0 aromatic heterocycles. The van der Waals surface area contributed by atoms with Crippen LogP contribution in [-0.2, 0) is 14.0 Å². The Hall–Kier alpha value is -0.475. The van der Waals surface area contributed by atoms with Crippen molar-refractivity contribution < 1.29 is 14.0 Å². The first kappa shape index (κ1) is 15.6. The van der Waals surface area contributed by atoms with Gasteiger partial charge in [-0.25, -0.2) is 0 Å². The number of hydrogen-bond donors (Lipinski definition) is 0. The average Bonchev–Trinajstić information content (AvgIpc) is 2.38. The summed E-state index contributed by atoms with van der Waals surface area (Å²) in [6.45, 7) is 0. The van der Waals surface area contributed by atoms with Crippen molar-refractivity contribution in [3.63, 3.8) is 0 Å². The Kier molecular flexibility index (Phi) is 9.04. The van der Waals surface area contributed by atoms with E-state index in [4.69, 9.17) is 14.0 Å². The van der Waals surface area contributed by atoms with Crippen LogP contribution in [0.5, 0.6) is 0 Å². The van der Waals surface area contributed by atoms with Crippen LogP contribution in [-0.4, -0.2) is 21.5 Å². The maximum Gasteiger partial charge on any atom is 0.712 e. The molecule has 0 bridgehead atoms. The minimum atomic E-state index is -0.566. The van der Waals surface area contributed by atoms with E-state index in [2.05, 4.69) is 6.08 Å². The molecule has 0 fully saturated rings. The molecule has 0 saturated carbocycles. The fourth-order valence-corrected chi connectivity index (χ4v) is 2.29. The van der Waals surface area contributed by atoms with Gasteiger partial charge < -0.3 is 14.0 Å². The fraction of sp³-hybridized carbons (Fsp3) is 0.857. The Morgan fingerprint density at radius 1 is 0.833 bits per heavy atom. The van der Waals surface area contributed by atoms with Crippen LogP contribution in [0, 0.1) is 0 Å². The first-order chi connectivity index (χ1) is 8.86. The van der Waals surface area contributed by atoms with Crippen LogP contribution < -0.4 is 0 Å².